The van der Waals surface area contributed by atoms with Crippen LogP contribution in [0.15, 0.2) is 47.5 Å². The van der Waals surface area contributed by atoms with Gasteiger partial charge in [-0.05, 0) is 43.2 Å². The first-order valence-corrected chi connectivity index (χ1v) is 9.75. The van der Waals surface area contributed by atoms with Crippen LogP contribution in [-0.2, 0) is 9.59 Å². The predicted molar refractivity (Wildman–Crippen MR) is 112 cm³/mol. The molecule has 7 heteroatoms. The molecule has 3 rings (SSSR count). The smallest absolute Gasteiger partial charge is 0.242 e. The normalized spacial score (nSPS) is 18.2. The van der Waals surface area contributed by atoms with Crippen molar-refractivity contribution in [3.05, 3.63) is 58.6 Å². The number of hydrogen-bond donors (Lipinski definition) is 1. The number of thioether (sulfide) groups is 1. The van der Waals surface area contributed by atoms with Gasteiger partial charge in [0.1, 0.15) is 5.25 Å². The van der Waals surface area contributed by atoms with Gasteiger partial charge in [-0.2, -0.15) is 0 Å². The van der Waals surface area contributed by atoms with Crippen LogP contribution >= 0.6 is 23.4 Å². The van der Waals surface area contributed by atoms with E-state index < -0.39 is 5.25 Å². The monoisotopic (exact) mass is 401 g/mol. The van der Waals surface area contributed by atoms with Crippen molar-refractivity contribution in [2.45, 2.75) is 25.5 Å². The summed E-state index contributed by atoms with van der Waals surface area (Å²) in [6.45, 7) is 3.87. The molecule has 0 radical (unpaired) electrons. The molecule has 1 N–H and O–H groups in total. The second-order valence-electron chi connectivity index (χ2n) is 6.40. The molecule has 2 amide bonds. The average Bonchev–Trinajstić information content (AvgIpc) is 2.88. The lowest BCUT2D eigenvalue weighted by Gasteiger charge is -2.10. The number of amidine groups is 1. The predicted octanol–water partition coefficient (Wildman–Crippen LogP) is 4.55. The molecule has 1 heterocycles. The maximum absolute atomic E-state index is 12.5. The molecule has 1 aliphatic rings. The van der Waals surface area contributed by atoms with Crippen molar-refractivity contribution in [1.29, 1.82) is 0 Å². The van der Waals surface area contributed by atoms with Gasteiger partial charge in [-0.3, -0.25) is 14.5 Å². The number of carbonyl (C=O) groups is 2. The third kappa shape index (κ3) is 4.51. The van der Waals surface area contributed by atoms with Gasteiger partial charge < -0.3 is 5.32 Å². The Morgan fingerprint density at radius 2 is 1.96 bits per heavy atom. The number of anilines is 1. The van der Waals surface area contributed by atoms with Crippen LogP contribution in [0.5, 0.6) is 0 Å². The summed E-state index contributed by atoms with van der Waals surface area (Å²) in [5, 5.41) is 3.50. The van der Waals surface area contributed by atoms with E-state index >= 15 is 0 Å². The number of para-hydroxylation sites is 1. The Morgan fingerprint density at radius 3 is 2.67 bits per heavy atom. The second kappa shape index (κ2) is 8.15. The van der Waals surface area contributed by atoms with Crippen LogP contribution in [-0.4, -0.2) is 34.2 Å². The third-order valence-electron chi connectivity index (χ3n) is 4.30. The molecule has 27 heavy (non-hydrogen) atoms. The maximum Gasteiger partial charge on any atom is 0.242 e. The van der Waals surface area contributed by atoms with Crippen LogP contribution in [0.1, 0.15) is 17.5 Å². The van der Waals surface area contributed by atoms with Gasteiger partial charge in [0.25, 0.3) is 0 Å². The Labute approximate surface area is 167 Å². The number of benzene rings is 2. The lowest BCUT2D eigenvalue weighted by molar-refractivity contribution is -0.127. The van der Waals surface area contributed by atoms with Crippen molar-refractivity contribution >= 4 is 51.7 Å². The summed E-state index contributed by atoms with van der Waals surface area (Å²) in [6, 6.07) is 13.1. The van der Waals surface area contributed by atoms with E-state index in [9.17, 15) is 9.59 Å². The molecular formula is C20H20ClN3O2S. The number of halogens is 1. The number of amides is 2. The Hall–Kier alpha value is -2.31. The second-order valence-corrected chi connectivity index (χ2v) is 7.98. The number of aliphatic imine (C=N–C) groups is 1. The van der Waals surface area contributed by atoms with Gasteiger partial charge in [-0.25, -0.2) is 4.99 Å². The zero-order chi connectivity index (χ0) is 19.6. The topological polar surface area (TPSA) is 61.8 Å². The van der Waals surface area contributed by atoms with Gasteiger partial charge in [0.2, 0.25) is 11.8 Å². The van der Waals surface area contributed by atoms with Crippen LogP contribution in [0.25, 0.3) is 0 Å². The molecule has 0 aromatic heterocycles. The minimum atomic E-state index is -0.487. The third-order valence-corrected chi connectivity index (χ3v) is 5.93. The van der Waals surface area contributed by atoms with E-state index in [-0.39, 0.29) is 18.2 Å². The molecule has 2 aromatic rings. The molecule has 1 fully saturated rings. The van der Waals surface area contributed by atoms with Gasteiger partial charge in [0, 0.05) is 24.2 Å². The van der Waals surface area contributed by atoms with E-state index in [4.69, 9.17) is 11.6 Å². The quantitative estimate of drug-likeness (QED) is 0.817. The Kier molecular flexibility index (Phi) is 5.87. The molecule has 1 aliphatic heterocycles. The first kappa shape index (κ1) is 19.5. The molecular weight excluding hydrogens is 382 g/mol. The lowest BCUT2D eigenvalue weighted by atomic mass is 10.2. The van der Waals surface area contributed by atoms with Crippen molar-refractivity contribution in [3.63, 3.8) is 0 Å². The first-order valence-electron chi connectivity index (χ1n) is 8.49. The molecule has 0 aliphatic carbocycles. The van der Waals surface area contributed by atoms with Gasteiger partial charge in [-0.1, -0.05) is 47.6 Å². The van der Waals surface area contributed by atoms with E-state index in [0.717, 1.165) is 16.8 Å². The summed E-state index contributed by atoms with van der Waals surface area (Å²) in [6.07, 6.45) is 0.0755. The van der Waals surface area contributed by atoms with Gasteiger partial charge in [0.05, 0.1) is 5.69 Å². The van der Waals surface area contributed by atoms with E-state index in [2.05, 4.69) is 10.3 Å². The highest BCUT2D eigenvalue weighted by atomic mass is 35.5. The molecule has 1 saturated heterocycles. The van der Waals surface area contributed by atoms with Crippen molar-refractivity contribution < 1.29 is 9.59 Å². The summed E-state index contributed by atoms with van der Waals surface area (Å²) in [7, 11) is 1.68. The standard InChI is InChI=1S/C20H20ClN3O2S/c1-12-8-9-14(10-15(12)21)22-18(25)11-17-19(26)24(3)20(27-17)23-16-7-5-4-6-13(16)2/h4-10,17H,11H2,1-3H3,(H,22,25). The highest BCUT2D eigenvalue weighted by molar-refractivity contribution is 8.15. The van der Waals surface area contributed by atoms with E-state index in [0.29, 0.717) is 15.9 Å². The van der Waals surface area contributed by atoms with Crippen molar-refractivity contribution in [1.82, 2.24) is 4.90 Å². The van der Waals surface area contributed by atoms with Crippen molar-refractivity contribution in [2.24, 2.45) is 4.99 Å². The fourth-order valence-electron chi connectivity index (χ4n) is 2.64. The SMILES string of the molecule is Cc1ccc(NC(=O)CC2SC(=Nc3ccccc3C)N(C)C2=O)cc1Cl. The average molecular weight is 402 g/mol. The van der Waals surface area contributed by atoms with Crippen LogP contribution in [0.4, 0.5) is 11.4 Å². The molecule has 0 spiro atoms. The maximum atomic E-state index is 12.5. The molecule has 5 nitrogen and oxygen atoms in total. The van der Waals surface area contributed by atoms with E-state index in [1.807, 2.05) is 44.2 Å². The Morgan fingerprint density at radius 1 is 1.22 bits per heavy atom. The largest absolute Gasteiger partial charge is 0.326 e. The summed E-state index contributed by atoms with van der Waals surface area (Å²) < 4.78 is 0. The van der Waals surface area contributed by atoms with Gasteiger partial charge >= 0.3 is 0 Å². The molecule has 140 valence electrons. The fraction of sp³-hybridized carbons (Fsp3) is 0.250. The zero-order valence-corrected chi connectivity index (χ0v) is 16.9. The highest BCUT2D eigenvalue weighted by Crippen LogP contribution is 2.31. The summed E-state index contributed by atoms with van der Waals surface area (Å²) >= 11 is 7.40. The van der Waals surface area contributed by atoms with Crippen LogP contribution in [0.2, 0.25) is 5.02 Å². The molecule has 1 unspecified atom stereocenters. The number of nitrogens with zero attached hydrogens (tertiary/aromatic N) is 2. The van der Waals surface area contributed by atoms with Gasteiger partial charge in [-0.15, -0.1) is 0 Å². The Balaban J connectivity index is 1.68. The van der Waals surface area contributed by atoms with Crippen molar-refractivity contribution in [2.75, 3.05) is 12.4 Å². The fourth-order valence-corrected chi connectivity index (χ4v) is 3.97. The van der Waals surface area contributed by atoms with E-state index in [1.54, 1.807) is 19.2 Å². The molecule has 1 atom stereocenters. The van der Waals surface area contributed by atoms with Gasteiger partial charge in [0.15, 0.2) is 5.17 Å². The molecule has 0 saturated carbocycles. The van der Waals surface area contributed by atoms with Crippen LogP contribution in [0, 0.1) is 13.8 Å². The zero-order valence-electron chi connectivity index (χ0n) is 15.3. The molecule has 0 bridgehead atoms. The minimum Gasteiger partial charge on any atom is -0.326 e. The van der Waals surface area contributed by atoms with Crippen LogP contribution < -0.4 is 5.32 Å². The molecule has 2 aromatic carbocycles. The summed E-state index contributed by atoms with van der Waals surface area (Å²) in [5.74, 6) is -0.351. The summed E-state index contributed by atoms with van der Waals surface area (Å²) in [5.41, 5.74) is 3.41. The minimum absolute atomic E-state index is 0.0755. The Bertz CT molecular complexity index is 929. The number of aryl methyl sites for hydroxylation is 2. The van der Waals surface area contributed by atoms with Crippen molar-refractivity contribution in [3.8, 4) is 0 Å². The number of rotatable bonds is 4. The van der Waals surface area contributed by atoms with Crippen LogP contribution in [0.3, 0.4) is 0 Å². The number of hydrogen-bond acceptors (Lipinski definition) is 4. The van der Waals surface area contributed by atoms with E-state index in [1.165, 1.54) is 16.7 Å². The summed E-state index contributed by atoms with van der Waals surface area (Å²) in [4.78, 5) is 31.0. The number of nitrogens with one attached hydrogen (secondary N) is 1. The number of carbonyl (C=O) groups excluding carboxylic acids is 2. The first-order chi connectivity index (χ1) is 12.8. The highest BCUT2D eigenvalue weighted by Gasteiger charge is 2.37. The lowest BCUT2D eigenvalue weighted by Crippen LogP contribution is -2.30.